The van der Waals surface area contributed by atoms with Crippen molar-refractivity contribution in [3.05, 3.63) is 155 Å². The van der Waals surface area contributed by atoms with E-state index < -0.39 is 12.0 Å². The first kappa shape index (κ1) is 33.4. The summed E-state index contributed by atoms with van der Waals surface area (Å²) in [5.41, 5.74) is 4.41. The van der Waals surface area contributed by atoms with Crippen LogP contribution in [0.15, 0.2) is 113 Å². The summed E-state index contributed by atoms with van der Waals surface area (Å²) in [5.74, 6) is 0.444. The van der Waals surface area contributed by atoms with Crippen LogP contribution in [0.25, 0.3) is 22.7 Å². The third kappa shape index (κ3) is 6.13. The van der Waals surface area contributed by atoms with Crippen LogP contribution >= 0.6 is 34.5 Å². The third-order valence-corrected chi connectivity index (χ3v) is 10.1. The van der Waals surface area contributed by atoms with Crippen LogP contribution in [-0.4, -0.2) is 35.9 Å². The Labute approximate surface area is 301 Å². The Morgan fingerprint density at radius 3 is 2.48 bits per heavy atom. The largest absolute Gasteiger partial charge is 0.497 e. The van der Waals surface area contributed by atoms with Crippen LogP contribution in [-0.2, 0) is 16.1 Å². The molecule has 11 heteroatoms. The first-order valence-corrected chi connectivity index (χ1v) is 17.4. The number of para-hydroxylation sites is 1. The molecule has 0 spiro atoms. The summed E-state index contributed by atoms with van der Waals surface area (Å²) in [7, 11) is 3.11. The number of hydrogen-bond donors (Lipinski definition) is 0. The van der Waals surface area contributed by atoms with Crippen molar-refractivity contribution in [2.24, 2.45) is 4.99 Å². The van der Waals surface area contributed by atoms with Gasteiger partial charge >= 0.3 is 5.97 Å². The summed E-state index contributed by atoms with van der Waals surface area (Å²) in [6.07, 6.45) is 3.89. The highest BCUT2D eigenvalue weighted by Crippen LogP contribution is 2.40. The molecule has 8 nitrogen and oxygen atoms in total. The van der Waals surface area contributed by atoms with Crippen molar-refractivity contribution >= 4 is 63.2 Å². The van der Waals surface area contributed by atoms with E-state index in [9.17, 15) is 9.59 Å². The summed E-state index contributed by atoms with van der Waals surface area (Å²) in [6.45, 7) is 2.40. The molecule has 0 amide bonds. The number of esters is 1. The van der Waals surface area contributed by atoms with Gasteiger partial charge in [0, 0.05) is 56.4 Å². The number of nitrogens with zero attached hydrogens (tertiary/aromatic N) is 3. The van der Waals surface area contributed by atoms with Crippen molar-refractivity contribution in [3.8, 4) is 11.5 Å². The number of benzene rings is 4. The summed E-state index contributed by atoms with van der Waals surface area (Å²) >= 11 is 14.0. The maximum atomic E-state index is 14.6. The van der Waals surface area contributed by atoms with Gasteiger partial charge in [0.1, 0.15) is 17.5 Å². The van der Waals surface area contributed by atoms with Crippen LogP contribution in [0.1, 0.15) is 35.2 Å². The van der Waals surface area contributed by atoms with Crippen LogP contribution < -0.4 is 24.4 Å². The molecule has 0 N–H and O–H groups in total. The van der Waals surface area contributed by atoms with Crippen molar-refractivity contribution in [1.82, 2.24) is 9.13 Å². The number of rotatable bonds is 9. The molecule has 6 aromatic rings. The molecule has 1 aliphatic heterocycles. The number of hydrogen-bond acceptors (Lipinski definition) is 7. The molecular weight excluding hydrogens is 693 g/mol. The highest BCUT2D eigenvalue weighted by atomic mass is 35.5. The number of thiazole rings is 1. The highest BCUT2D eigenvalue weighted by molar-refractivity contribution is 7.07. The molecule has 7 rings (SSSR count). The molecule has 0 bridgehead atoms. The molecule has 4 aromatic carbocycles. The van der Waals surface area contributed by atoms with E-state index in [0.717, 1.165) is 27.6 Å². The van der Waals surface area contributed by atoms with Gasteiger partial charge in [-0.05, 0) is 48.9 Å². The van der Waals surface area contributed by atoms with Gasteiger partial charge in [0.25, 0.3) is 5.56 Å². The predicted octanol–water partition coefficient (Wildman–Crippen LogP) is 7.26. The van der Waals surface area contributed by atoms with E-state index in [1.165, 1.54) is 11.3 Å². The molecule has 0 aliphatic carbocycles. The SMILES string of the molecule is CCOC(=O)C1=C(c2ccccc2)N=c2s/c(=C\c3cn(Cc4ccc(Cl)cc4Cl)c4ccccc34)c(=O)n2[C@@H]1c1ccc(OC)cc1OC. The summed E-state index contributed by atoms with van der Waals surface area (Å²) < 4.78 is 21.0. The number of ether oxygens (including phenoxy) is 3. The lowest BCUT2D eigenvalue weighted by Gasteiger charge is -2.27. The maximum Gasteiger partial charge on any atom is 0.338 e. The van der Waals surface area contributed by atoms with E-state index in [1.54, 1.807) is 43.9 Å². The minimum absolute atomic E-state index is 0.145. The molecule has 0 unspecified atom stereocenters. The second-order valence-corrected chi connectivity index (χ2v) is 13.4. The van der Waals surface area contributed by atoms with Gasteiger partial charge in [0.15, 0.2) is 4.80 Å². The standard InChI is InChI=1S/C39H31Cl2N3O5S/c1-4-49-38(46)34-35(23-10-6-5-7-11-23)42-39-44(36(34)29-17-16-27(47-2)20-32(29)48-3)37(45)33(50-39)18-25-22-43(31-13-9-8-12-28(25)31)21-24-14-15-26(40)19-30(24)41/h5-20,22,36H,4,21H2,1-3H3/b33-18-/t36-/m1/s1. The molecule has 50 heavy (non-hydrogen) atoms. The van der Waals surface area contributed by atoms with Crippen molar-refractivity contribution in [2.75, 3.05) is 20.8 Å². The molecule has 0 radical (unpaired) electrons. The van der Waals surface area contributed by atoms with Gasteiger partial charge in [-0.2, -0.15) is 0 Å². The van der Waals surface area contributed by atoms with Crippen LogP contribution in [0, 0.1) is 0 Å². The molecule has 2 aromatic heterocycles. The minimum atomic E-state index is -0.906. The predicted molar refractivity (Wildman–Crippen MR) is 198 cm³/mol. The van der Waals surface area contributed by atoms with E-state index in [4.69, 9.17) is 42.4 Å². The normalized spacial score (nSPS) is 14.4. The molecule has 1 aliphatic rings. The van der Waals surface area contributed by atoms with E-state index in [0.29, 0.717) is 48.7 Å². The lowest BCUT2D eigenvalue weighted by atomic mass is 9.92. The van der Waals surface area contributed by atoms with Crippen LogP contribution in [0.5, 0.6) is 11.5 Å². The molecule has 0 saturated heterocycles. The third-order valence-electron chi connectivity index (χ3n) is 8.57. The molecule has 0 fully saturated rings. The van der Waals surface area contributed by atoms with Gasteiger partial charge in [0.05, 0.1) is 36.6 Å². The zero-order valence-corrected chi connectivity index (χ0v) is 29.7. The Balaban J connectivity index is 1.47. The number of halogens is 2. The second kappa shape index (κ2) is 14.0. The first-order chi connectivity index (χ1) is 24.3. The molecule has 3 heterocycles. The summed E-state index contributed by atoms with van der Waals surface area (Å²) in [4.78, 5) is 33.9. The monoisotopic (exact) mass is 723 g/mol. The number of fused-ring (bicyclic) bond motifs is 2. The highest BCUT2D eigenvalue weighted by Gasteiger charge is 2.37. The average molecular weight is 725 g/mol. The number of carbonyl (C=O) groups is 1. The Kier molecular flexibility index (Phi) is 9.38. The maximum absolute atomic E-state index is 14.6. The van der Waals surface area contributed by atoms with Crippen molar-refractivity contribution in [2.45, 2.75) is 19.5 Å². The number of aromatic nitrogens is 2. The zero-order chi connectivity index (χ0) is 34.9. The molecule has 0 saturated carbocycles. The number of carbonyl (C=O) groups excluding carboxylic acids is 1. The van der Waals surface area contributed by atoms with Crippen molar-refractivity contribution < 1.29 is 19.0 Å². The van der Waals surface area contributed by atoms with Gasteiger partial charge in [-0.1, -0.05) is 89.1 Å². The molecule has 1 atom stereocenters. The fourth-order valence-corrected chi connectivity index (χ4v) is 7.73. The lowest BCUT2D eigenvalue weighted by Crippen LogP contribution is -2.40. The van der Waals surface area contributed by atoms with Gasteiger partial charge in [-0.15, -0.1) is 0 Å². The Morgan fingerprint density at radius 2 is 1.74 bits per heavy atom. The molecular formula is C39H31Cl2N3O5S. The number of methoxy groups -OCH3 is 2. The van der Waals surface area contributed by atoms with Gasteiger partial charge < -0.3 is 18.8 Å². The summed E-state index contributed by atoms with van der Waals surface area (Å²) in [5, 5.41) is 2.11. The van der Waals surface area contributed by atoms with Gasteiger partial charge in [-0.25, -0.2) is 9.79 Å². The Morgan fingerprint density at radius 1 is 0.960 bits per heavy atom. The smallest absolute Gasteiger partial charge is 0.338 e. The lowest BCUT2D eigenvalue weighted by molar-refractivity contribution is -0.138. The van der Waals surface area contributed by atoms with Gasteiger partial charge in [-0.3, -0.25) is 9.36 Å². The van der Waals surface area contributed by atoms with Crippen LogP contribution in [0.2, 0.25) is 10.0 Å². The van der Waals surface area contributed by atoms with E-state index >= 15 is 0 Å². The minimum Gasteiger partial charge on any atom is -0.497 e. The fourth-order valence-electron chi connectivity index (χ4n) is 6.27. The molecule has 252 valence electrons. The van der Waals surface area contributed by atoms with Crippen molar-refractivity contribution in [1.29, 1.82) is 0 Å². The Hall–Kier alpha value is -5.09. The van der Waals surface area contributed by atoms with Crippen LogP contribution in [0.4, 0.5) is 0 Å². The van der Waals surface area contributed by atoms with Gasteiger partial charge in [0.2, 0.25) is 0 Å². The van der Waals surface area contributed by atoms with Crippen molar-refractivity contribution in [3.63, 3.8) is 0 Å². The van der Waals surface area contributed by atoms with E-state index in [-0.39, 0.29) is 17.7 Å². The summed E-state index contributed by atoms with van der Waals surface area (Å²) in [6, 6.07) is 27.3. The van der Waals surface area contributed by atoms with E-state index in [2.05, 4.69) is 4.57 Å². The average Bonchev–Trinajstić information content (AvgIpc) is 3.64. The first-order valence-electron chi connectivity index (χ1n) is 15.8. The fraction of sp³-hybridized carbons (Fsp3) is 0.154. The van der Waals surface area contributed by atoms with Crippen LogP contribution in [0.3, 0.4) is 0 Å². The van der Waals surface area contributed by atoms with E-state index in [1.807, 2.05) is 85.1 Å². The Bertz CT molecular complexity index is 2480. The second-order valence-electron chi connectivity index (χ2n) is 11.5. The zero-order valence-electron chi connectivity index (χ0n) is 27.4. The topological polar surface area (TPSA) is 84.1 Å². The quantitative estimate of drug-likeness (QED) is 0.147.